The van der Waals surface area contributed by atoms with Gasteiger partial charge in [0.15, 0.2) is 24.0 Å². The summed E-state index contributed by atoms with van der Waals surface area (Å²) in [5, 5.41) is 0. The van der Waals surface area contributed by atoms with Crippen LogP contribution in [0.25, 0.3) is 0 Å². The lowest BCUT2D eigenvalue weighted by Crippen LogP contribution is -2.14. The molecule has 1 heterocycles. The van der Waals surface area contributed by atoms with Gasteiger partial charge in [-0.2, -0.15) is 0 Å². The zero-order valence-electron chi connectivity index (χ0n) is 14.8. The third-order valence-electron chi connectivity index (χ3n) is 4.05. The number of ether oxygens (including phenoxy) is 2. The van der Waals surface area contributed by atoms with E-state index in [-0.39, 0.29) is 11.3 Å². The molecule has 27 heavy (non-hydrogen) atoms. The van der Waals surface area contributed by atoms with E-state index < -0.39 is 24.2 Å². The van der Waals surface area contributed by atoms with Crippen molar-refractivity contribution in [1.29, 1.82) is 0 Å². The Bertz CT molecular complexity index is 817. The molecular formula is C20H19FO4S2. The molecule has 1 aliphatic heterocycles. The van der Waals surface area contributed by atoms with Crippen molar-refractivity contribution in [1.82, 2.24) is 0 Å². The first-order chi connectivity index (χ1) is 13.1. The molecule has 0 radical (unpaired) electrons. The van der Waals surface area contributed by atoms with Gasteiger partial charge >= 0.3 is 5.97 Å². The Morgan fingerprint density at radius 2 is 1.74 bits per heavy atom. The van der Waals surface area contributed by atoms with Crippen molar-refractivity contribution in [2.75, 3.05) is 25.2 Å². The van der Waals surface area contributed by atoms with Gasteiger partial charge in [0.2, 0.25) is 0 Å². The minimum absolute atomic E-state index is 0.0536. The fourth-order valence-electron chi connectivity index (χ4n) is 2.59. The Hall–Kier alpha value is -1.99. The van der Waals surface area contributed by atoms with Crippen LogP contribution < -0.4 is 4.74 Å². The number of hydrogen-bond acceptors (Lipinski definition) is 6. The summed E-state index contributed by atoms with van der Waals surface area (Å²) in [5.41, 5.74) is 1.69. The molecule has 0 atom stereocenters. The van der Waals surface area contributed by atoms with Gasteiger partial charge in [0, 0.05) is 5.56 Å². The van der Waals surface area contributed by atoms with Crippen molar-refractivity contribution in [2.45, 2.75) is 11.0 Å². The highest BCUT2D eigenvalue weighted by Crippen LogP contribution is 2.43. The van der Waals surface area contributed by atoms with Gasteiger partial charge in [-0.25, -0.2) is 9.18 Å². The van der Waals surface area contributed by atoms with E-state index in [2.05, 4.69) is 0 Å². The van der Waals surface area contributed by atoms with E-state index in [0.717, 1.165) is 17.6 Å². The number of thioether (sulfide) groups is 2. The predicted molar refractivity (Wildman–Crippen MR) is 106 cm³/mol. The van der Waals surface area contributed by atoms with E-state index in [9.17, 15) is 14.0 Å². The van der Waals surface area contributed by atoms with Gasteiger partial charge in [0.05, 0.1) is 17.3 Å². The van der Waals surface area contributed by atoms with Gasteiger partial charge < -0.3 is 9.47 Å². The predicted octanol–water partition coefficient (Wildman–Crippen LogP) is 4.74. The number of esters is 1. The van der Waals surface area contributed by atoms with Crippen LogP contribution >= 0.6 is 23.5 Å². The lowest BCUT2D eigenvalue weighted by atomic mass is 10.1. The fourth-order valence-corrected chi connectivity index (χ4v) is 5.49. The van der Waals surface area contributed by atoms with E-state index in [4.69, 9.17) is 9.47 Å². The first-order valence-electron chi connectivity index (χ1n) is 8.45. The van der Waals surface area contributed by atoms with Crippen LogP contribution in [0.2, 0.25) is 0 Å². The lowest BCUT2D eigenvalue weighted by Gasteiger charge is -2.21. The highest BCUT2D eigenvalue weighted by Gasteiger charge is 2.18. The molecule has 4 nitrogen and oxygen atoms in total. The van der Waals surface area contributed by atoms with Crippen molar-refractivity contribution in [3.05, 3.63) is 65.0 Å². The molecule has 1 aliphatic rings. The van der Waals surface area contributed by atoms with E-state index in [1.54, 1.807) is 12.1 Å². The molecule has 7 heteroatoms. The van der Waals surface area contributed by atoms with Gasteiger partial charge in [0.1, 0.15) is 0 Å². The summed E-state index contributed by atoms with van der Waals surface area (Å²) in [5.74, 6) is 0.663. The molecule has 0 spiro atoms. The van der Waals surface area contributed by atoms with Crippen molar-refractivity contribution < 1.29 is 23.5 Å². The van der Waals surface area contributed by atoms with Gasteiger partial charge in [-0.3, -0.25) is 4.79 Å². The summed E-state index contributed by atoms with van der Waals surface area (Å²) in [4.78, 5) is 24.3. The third kappa shape index (κ3) is 5.05. The van der Waals surface area contributed by atoms with Crippen LogP contribution in [0.15, 0.2) is 42.5 Å². The molecule has 2 aromatic carbocycles. The normalized spacial score (nSPS) is 14.6. The van der Waals surface area contributed by atoms with Gasteiger partial charge in [-0.1, -0.05) is 12.1 Å². The fraction of sp³-hybridized carbons (Fsp3) is 0.300. The van der Waals surface area contributed by atoms with Gasteiger partial charge in [-0.15, -0.1) is 23.5 Å². The Labute approximate surface area is 165 Å². The van der Waals surface area contributed by atoms with E-state index in [0.29, 0.717) is 10.1 Å². The third-order valence-corrected chi connectivity index (χ3v) is 7.07. The molecule has 0 bridgehead atoms. The number of Topliss-reactive ketones (excluding diaryl/α,β-unsaturated/α-hetero) is 1. The summed E-state index contributed by atoms with van der Waals surface area (Å²) in [6.45, 7) is -0.444. The lowest BCUT2D eigenvalue weighted by molar-refractivity contribution is 0.0474. The van der Waals surface area contributed by atoms with Gasteiger partial charge in [-0.05, 0) is 53.8 Å². The first kappa shape index (κ1) is 19.8. The monoisotopic (exact) mass is 406 g/mol. The zero-order chi connectivity index (χ0) is 19.2. The highest BCUT2D eigenvalue weighted by atomic mass is 32.2. The molecule has 142 valence electrons. The van der Waals surface area contributed by atoms with E-state index in [1.807, 2.05) is 35.7 Å². The molecule has 3 rings (SSSR count). The summed E-state index contributed by atoms with van der Waals surface area (Å²) in [7, 11) is 1.35. The summed E-state index contributed by atoms with van der Waals surface area (Å²) < 4.78 is 24.0. The Kier molecular flexibility index (Phi) is 6.79. The Balaban J connectivity index is 1.57. The number of carbonyl (C=O) groups excluding carboxylic acids is 2. The zero-order valence-corrected chi connectivity index (χ0v) is 16.4. The summed E-state index contributed by atoms with van der Waals surface area (Å²) in [6.07, 6.45) is 1.22. The Morgan fingerprint density at radius 3 is 2.37 bits per heavy atom. The van der Waals surface area contributed by atoms with Crippen molar-refractivity contribution in [3.8, 4) is 5.75 Å². The largest absolute Gasteiger partial charge is 0.494 e. The second-order valence-electron chi connectivity index (χ2n) is 5.90. The minimum atomic E-state index is -0.635. The number of hydrogen-bond donors (Lipinski definition) is 0. The minimum Gasteiger partial charge on any atom is -0.494 e. The second-order valence-corrected chi connectivity index (χ2v) is 8.62. The summed E-state index contributed by atoms with van der Waals surface area (Å²) in [6, 6.07) is 11.1. The molecule has 0 saturated carbocycles. The average molecular weight is 407 g/mol. The standard InChI is InChI=1S/C20H19FO4S2/c1-24-18-8-7-15(11-16(18)21)17(22)12-25-19(23)13-3-5-14(6-4-13)20-26-9-2-10-27-20/h3-8,11,20H,2,9-10,12H2,1H3. The number of rotatable bonds is 6. The molecule has 0 unspecified atom stereocenters. The van der Waals surface area contributed by atoms with Crippen LogP contribution in [0, 0.1) is 5.82 Å². The molecule has 1 fully saturated rings. The molecular weight excluding hydrogens is 387 g/mol. The number of benzene rings is 2. The highest BCUT2D eigenvalue weighted by molar-refractivity contribution is 8.16. The Morgan fingerprint density at radius 1 is 1.07 bits per heavy atom. The second kappa shape index (κ2) is 9.28. The van der Waals surface area contributed by atoms with Crippen LogP contribution in [0.3, 0.4) is 0 Å². The maximum atomic E-state index is 13.7. The van der Waals surface area contributed by atoms with Crippen LogP contribution in [-0.2, 0) is 4.74 Å². The van der Waals surface area contributed by atoms with Crippen LogP contribution in [0.1, 0.15) is 37.3 Å². The maximum absolute atomic E-state index is 13.7. The quantitative estimate of drug-likeness (QED) is 0.510. The molecule has 0 N–H and O–H groups in total. The van der Waals surface area contributed by atoms with E-state index in [1.165, 1.54) is 31.2 Å². The van der Waals surface area contributed by atoms with Crippen molar-refractivity contribution in [2.24, 2.45) is 0 Å². The first-order valence-corrected chi connectivity index (χ1v) is 10.6. The van der Waals surface area contributed by atoms with E-state index >= 15 is 0 Å². The van der Waals surface area contributed by atoms with Crippen LogP contribution in [0.5, 0.6) is 5.75 Å². The maximum Gasteiger partial charge on any atom is 0.338 e. The number of ketones is 1. The van der Waals surface area contributed by atoms with Crippen LogP contribution in [-0.4, -0.2) is 37.0 Å². The molecule has 0 aromatic heterocycles. The van der Waals surface area contributed by atoms with Crippen molar-refractivity contribution in [3.63, 3.8) is 0 Å². The van der Waals surface area contributed by atoms with Crippen LogP contribution in [0.4, 0.5) is 4.39 Å². The number of carbonyl (C=O) groups is 2. The summed E-state index contributed by atoms with van der Waals surface area (Å²) >= 11 is 3.82. The molecule has 1 saturated heterocycles. The molecule has 0 amide bonds. The van der Waals surface area contributed by atoms with Crippen molar-refractivity contribution >= 4 is 35.3 Å². The molecule has 0 aliphatic carbocycles. The smallest absolute Gasteiger partial charge is 0.338 e. The number of halogens is 1. The topological polar surface area (TPSA) is 52.6 Å². The average Bonchev–Trinajstić information content (AvgIpc) is 2.72. The number of methoxy groups -OCH3 is 1. The molecule has 2 aromatic rings. The van der Waals surface area contributed by atoms with Gasteiger partial charge in [0.25, 0.3) is 0 Å². The SMILES string of the molecule is COc1ccc(C(=O)COC(=O)c2ccc(C3SCCCS3)cc2)cc1F.